The number of rotatable bonds is 5. The van der Waals surface area contributed by atoms with Crippen molar-refractivity contribution in [3.05, 3.63) is 35.7 Å². The number of hydrogen-bond donors (Lipinski definition) is 1. The third-order valence-electron chi connectivity index (χ3n) is 2.93. The molecule has 1 fully saturated rings. The molecule has 1 N–H and O–H groups in total. The average Bonchev–Trinajstić information content (AvgIpc) is 2.90. The largest absolute Gasteiger partial charge is 0.359 e. The Hall–Kier alpha value is -1.62. The molecule has 0 unspecified atom stereocenters. The zero-order valence-corrected chi connectivity index (χ0v) is 9.89. The molecule has 1 aliphatic carbocycles. The van der Waals surface area contributed by atoms with E-state index < -0.39 is 0 Å². The smallest absolute Gasteiger partial charge is 0.156 e. The Bertz CT molecular complexity index is 498. The Labute approximate surface area is 99.8 Å². The predicted octanol–water partition coefficient (Wildman–Crippen LogP) is 1.48. The fourth-order valence-electron chi connectivity index (χ4n) is 1.83. The van der Waals surface area contributed by atoms with Gasteiger partial charge in [0.2, 0.25) is 0 Å². The van der Waals surface area contributed by atoms with E-state index in [9.17, 15) is 0 Å². The van der Waals surface area contributed by atoms with Crippen LogP contribution in [0, 0.1) is 6.92 Å². The summed E-state index contributed by atoms with van der Waals surface area (Å²) in [6.07, 6.45) is 6.39. The molecule has 5 nitrogen and oxygen atoms in total. The number of aromatic nitrogens is 3. The van der Waals surface area contributed by atoms with Crippen molar-refractivity contribution < 1.29 is 4.52 Å². The van der Waals surface area contributed by atoms with E-state index >= 15 is 0 Å². The van der Waals surface area contributed by atoms with Crippen LogP contribution in [-0.2, 0) is 13.1 Å². The first kappa shape index (κ1) is 10.5. The van der Waals surface area contributed by atoms with Crippen LogP contribution in [-0.4, -0.2) is 20.7 Å². The fourth-order valence-corrected chi connectivity index (χ4v) is 1.83. The molecule has 1 saturated carbocycles. The van der Waals surface area contributed by atoms with Crippen LogP contribution in [0.15, 0.2) is 23.0 Å². The van der Waals surface area contributed by atoms with Gasteiger partial charge in [-0.1, -0.05) is 5.16 Å². The lowest BCUT2D eigenvalue weighted by Crippen LogP contribution is -2.19. The van der Waals surface area contributed by atoms with Crippen LogP contribution in [0.1, 0.15) is 30.1 Å². The van der Waals surface area contributed by atoms with E-state index in [1.54, 1.807) is 0 Å². The number of nitrogens with zero attached hydrogens (tertiary/aromatic N) is 3. The maximum absolute atomic E-state index is 5.21. The first-order valence-electron chi connectivity index (χ1n) is 5.97. The highest BCUT2D eigenvalue weighted by molar-refractivity contribution is 5.05. The van der Waals surface area contributed by atoms with Crippen molar-refractivity contribution >= 4 is 0 Å². The second-order valence-corrected chi connectivity index (χ2v) is 4.56. The molecule has 1 aliphatic rings. The van der Waals surface area contributed by atoms with Gasteiger partial charge in [-0.3, -0.25) is 0 Å². The fraction of sp³-hybridized carbons (Fsp3) is 0.500. The SMILES string of the molecule is Cc1cc(Cn2ccnc2CNC2CC2)on1. The van der Waals surface area contributed by atoms with Gasteiger partial charge in [-0.25, -0.2) is 4.98 Å². The Morgan fingerprint density at radius 3 is 3.12 bits per heavy atom. The predicted molar refractivity (Wildman–Crippen MR) is 62.4 cm³/mol. The van der Waals surface area contributed by atoms with Gasteiger partial charge >= 0.3 is 0 Å². The van der Waals surface area contributed by atoms with Crippen LogP contribution in [0.4, 0.5) is 0 Å². The van der Waals surface area contributed by atoms with E-state index in [4.69, 9.17) is 4.52 Å². The van der Waals surface area contributed by atoms with Crippen LogP contribution in [0.3, 0.4) is 0 Å². The molecule has 3 rings (SSSR count). The van der Waals surface area contributed by atoms with Crippen molar-refractivity contribution in [3.8, 4) is 0 Å². The second kappa shape index (κ2) is 4.33. The number of nitrogens with one attached hydrogen (secondary N) is 1. The molecule has 0 spiro atoms. The van der Waals surface area contributed by atoms with Crippen molar-refractivity contribution in [2.75, 3.05) is 0 Å². The quantitative estimate of drug-likeness (QED) is 0.848. The third-order valence-corrected chi connectivity index (χ3v) is 2.93. The summed E-state index contributed by atoms with van der Waals surface area (Å²) in [7, 11) is 0. The molecule has 0 aromatic carbocycles. The van der Waals surface area contributed by atoms with Crippen LogP contribution >= 0.6 is 0 Å². The summed E-state index contributed by atoms with van der Waals surface area (Å²) in [6.45, 7) is 3.45. The summed E-state index contributed by atoms with van der Waals surface area (Å²) < 4.78 is 7.30. The zero-order chi connectivity index (χ0) is 11.7. The number of hydrogen-bond acceptors (Lipinski definition) is 4. The van der Waals surface area contributed by atoms with Crippen molar-refractivity contribution in [2.45, 2.75) is 38.9 Å². The highest BCUT2D eigenvalue weighted by Crippen LogP contribution is 2.19. The highest BCUT2D eigenvalue weighted by Gasteiger charge is 2.20. The van der Waals surface area contributed by atoms with E-state index in [0.29, 0.717) is 12.6 Å². The lowest BCUT2D eigenvalue weighted by Gasteiger charge is -2.06. The molecule has 2 aromatic heterocycles. The lowest BCUT2D eigenvalue weighted by atomic mass is 10.4. The van der Waals surface area contributed by atoms with Gasteiger partial charge in [0.15, 0.2) is 5.76 Å². The van der Waals surface area contributed by atoms with Gasteiger partial charge in [-0.2, -0.15) is 0 Å². The van der Waals surface area contributed by atoms with Gasteiger partial charge < -0.3 is 14.4 Å². The molecular formula is C12H16N4O. The van der Waals surface area contributed by atoms with E-state index in [-0.39, 0.29) is 0 Å². The van der Waals surface area contributed by atoms with Crippen LogP contribution in [0.5, 0.6) is 0 Å². The van der Waals surface area contributed by atoms with Crippen LogP contribution in [0.25, 0.3) is 0 Å². The Morgan fingerprint density at radius 1 is 1.53 bits per heavy atom. The maximum atomic E-state index is 5.21. The standard InChI is InChI=1S/C12H16N4O/c1-9-6-11(17-15-9)8-16-5-4-13-12(16)7-14-10-2-3-10/h4-6,10,14H,2-3,7-8H2,1H3. The van der Waals surface area contributed by atoms with Crippen LogP contribution < -0.4 is 5.32 Å². The Morgan fingerprint density at radius 2 is 2.41 bits per heavy atom. The van der Waals surface area contributed by atoms with Gasteiger partial charge in [0.25, 0.3) is 0 Å². The molecule has 17 heavy (non-hydrogen) atoms. The highest BCUT2D eigenvalue weighted by atomic mass is 16.5. The Kier molecular flexibility index (Phi) is 2.68. The van der Waals surface area contributed by atoms with Crippen molar-refractivity contribution in [1.29, 1.82) is 0 Å². The topological polar surface area (TPSA) is 55.9 Å². The minimum Gasteiger partial charge on any atom is -0.359 e. The van der Waals surface area contributed by atoms with E-state index in [0.717, 1.165) is 23.8 Å². The van der Waals surface area contributed by atoms with Gasteiger partial charge in [-0.05, 0) is 19.8 Å². The zero-order valence-electron chi connectivity index (χ0n) is 9.89. The molecule has 0 amide bonds. The molecule has 0 aliphatic heterocycles. The number of imidazole rings is 1. The third kappa shape index (κ3) is 2.55. The minimum atomic E-state index is 0.697. The summed E-state index contributed by atoms with van der Waals surface area (Å²) in [5.74, 6) is 1.92. The molecule has 0 bridgehead atoms. The van der Waals surface area contributed by atoms with Crippen LogP contribution in [0.2, 0.25) is 0 Å². The normalized spacial score (nSPS) is 15.4. The van der Waals surface area contributed by atoms with E-state index in [1.165, 1.54) is 12.8 Å². The molecule has 90 valence electrons. The molecule has 5 heteroatoms. The first-order valence-corrected chi connectivity index (χ1v) is 5.97. The summed E-state index contributed by atoms with van der Waals surface area (Å²) in [5, 5.41) is 7.35. The number of aryl methyl sites for hydroxylation is 1. The Balaban J connectivity index is 1.67. The summed E-state index contributed by atoms with van der Waals surface area (Å²) in [6, 6.07) is 2.66. The van der Waals surface area contributed by atoms with Gasteiger partial charge in [-0.15, -0.1) is 0 Å². The van der Waals surface area contributed by atoms with Gasteiger partial charge in [0, 0.05) is 24.5 Å². The molecular weight excluding hydrogens is 216 g/mol. The van der Waals surface area contributed by atoms with Crippen molar-refractivity contribution in [2.24, 2.45) is 0 Å². The van der Waals surface area contributed by atoms with Gasteiger partial charge in [0.05, 0.1) is 18.8 Å². The minimum absolute atomic E-state index is 0.697. The first-order chi connectivity index (χ1) is 8.31. The van der Waals surface area contributed by atoms with E-state index in [2.05, 4.69) is 20.0 Å². The van der Waals surface area contributed by atoms with Crippen molar-refractivity contribution in [1.82, 2.24) is 20.0 Å². The average molecular weight is 232 g/mol. The summed E-state index contributed by atoms with van der Waals surface area (Å²) >= 11 is 0. The monoisotopic (exact) mass is 232 g/mol. The molecule has 0 radical (unpaired) electrons. The lowest BCUT2D eigenvalue weighted by molar-refractivity contribution is 0.371. The maximum Gasteiger partial charge on any atom is 0.156 e. The molecule has 2 aromatic rings. The molecule has 0 saturated heterocycles. The van der Waals surface area contributed by atoms with E-state index in [1.807, 2.05) is 25.4 Å². The molecule has 0 atom stereocenters. The van der Waals surface area contributed by atoms with Crippen molar-refractivity contribution in [3.63, 3.8) is 0 Å². The second-order valence-electron chi connectivity index (χ2n) is 4.56. The summed E-state index contributed by atoms with van der Waals surface area (Å²) in [4.78, 5) is 4.36. The van der Waals surface area contributed by atoms with Gasteiger partial charge in [0.1, 0.15) is 5.82 Å². The summed E-state index contributed by atoms with van der Waals surface area (Å²) in [5.41, 5.74) is 0.915. The molecule has 2 heterocycles.